The van der Waals surface area contributed by atoms with Crippen molar-refractivity contribution < 1.29 is 4.74 Å². The van der Waals surface area contributed by atoms with Crippen molar-refractivity contribution >= 4 is 0 Å². The molecule has 88 valence electrons. The third-order valence-corrected chi connectivity index (χ3v) is 3.57. The summed E-state index contributed by atoms with van der Waals surface area (Å²) < 4.78 is 5.72. The van der Waals surface area contributed by atoms with Crippen molar-refractivity contribution in [1.82, 2.24) is 4.90 Å². The average molecular weight is 212 g/mol. The van der Waals surface area contributed by atoms with Gasteiger partial charge in [0.05, 0.1) is 12.2 Å². The topological polar surface area (TPSA) is 38.5 Å². The molecule has 3 heteroatoms. The number of ether oxygens (including phenoxy) is 1. The molecule has 0 amide bonds. The Morgan fingerprint density at radius 1 is 1.27 bits per heavy atom. The summed E-state index contributed by atoms with van der Waals surface area (Å²) in [7, 11) is 0. The zero-order chi connectivity index (χ0) is 11.1. The van der Waals surface area contributed by atoms with Gasteiger partial charge in [0.2, 0.25) is 0 Å². The second-order valence-corrected chi connectivity index (χ2v) is 5.73. The summed E-state index contributed by atoms with van der Waals surface area (Å²) in [5.74, 6) is 0.756. The Morgan fingerprint density at radius 3 is 2.27 bits per heavy atom. The molecule has 2 rings (SSSR count). The highest BCUT2D eigenvalue weighted by Gasteiger charge is 2.40. The molecule has 15 heavy (non-hydrogen) atoms. The molecule has 0 spiro atoms. The number of nitrogens with zero attached hydrogens (tertiary/aromatic N) is 1. The van der Waals surface area contributed by atoms with Crippen LogP contribution in [0, 0.1) is 5.92 Å². The van der Waals surface area contributed by atoms with Crippen LogP contribution in [0.2, 0.25) is 0 Å². The normalized spacial score (nSPS) is 37.6. The molecule has 3 nitrogen and oxygen atoms in total. The van der Waals surface area contributed by atoms with E-state index in [1.165, 1.54) is 12.8 Å². The summed E-state index contributed by atoms with van der Waals surface area (Å²) in [5, 5.41) is 0. The first kappa shape index (κ1) is 11.4. The van der Waals surface area contributed by atoms with E-state index in [2.05, 4.69) is 25.7 Å². The highest BCUT2D eigenvalue weighted by molar-refractivity contribution is 4.97. The maximum atomic E-state index is 6.36. The van der Waals surface area contributed by atoms with Gasteiger partial charge in [-0.3, -0.25) is 4.90 Å². The molecule has 0 bridgehead atoms. The van der Waals surface area contributed by atoms with Gasteiger partial charge in [-0.15, -0.1) is 0 Å². The van der Waals surface area contributed by atoms with Crippen LogP contribution in [0.25, 0.3) is 0 Å². The van der Waals surface area contributed by atoms with Gasteiger partial charge < -0.3 is 10.5 Å². The van der Waals surface area contributed by atoms with Crippen LogP contribution >= 0.6 is 0 Å². The molecule has 2 aliphatic rings. The van der Waals surface area contributed by atoms with Crippen LogP contribution in [0.3, 0.4) is 0 Å². The van der Waals surface area contributed by atoms with Gasteiger partial charge in [-0.1, -0.05) is 0 Å². The van der Waals surface area contributed by atoms with Crippen LogP contribution in [0.4, 0.5) is 0 Å². The van der Waals surface area contributed by atoms with Crippen LogP contribution < -0.4 is 5.73 Å². The van der Waals surface area contributed by atoms with E-state index in [1.54, 1.807) is 0 Å². The minimum Gasteiger partial charge on any atom is -0.373 e. The van der Waals surface area contributed by atoms with E-state index in [1.807, 2.05) is 0 Å². The first-order valence-corrected chi connectivity index (χ1v) is 6.14. The van der Waals surface area contributed by atoms with E-state index in [9.17, 15) is 0 Å². The average Bonchev–Trinajstić information content (AvgIpc) is 2.80. The van der Waals surface area contributed by atoms with Crippen molar-refractivity contribution in [3.8, 4) is 0 Å². The van der Waals surface area contributed by atoms with Crippen LogP contribution in [-0.4, -0.2) is 42.3 Å². The van der Waals surface area contributed by atoms with Crippen LogP contribution in [0.5, 0.6) is 0 Å². The molecule has 1 saturated carbocycles. The minimum absolute atomic E-state index is 0.0107. The molecule has 2 fully saturated rings. The zero-order valence-corrected chi connectivity index (χ0v) is 10.2. The quantitative estimate of drug-likeness (QED) is 0.764. The summed E-state index contributed by atoms with van der Waals surface area (Å²) in [4.78, 5) is 2.47. The zero-order valence-electron chi connectivity index (χ0n) is 10.2. The maximum Gasteiger partial charge on any atom is 0.0678 e. The van der Waals surface area contributed by atoms with Gasteiger partial charge in [0, 0.05) is 25.2 Å². The van der Waals surface area contributed by atoms with E-state index in [0.717, 1.165) is 25.6 Å². The van der Waals surface area contributed by atoms with Crippen molar-refractivity contribution in [1.29, 1.82) is 0 Å². The molecule has 0 radical (unpaired) electrons. The molecule has 1 aliphatic heterocycles. The summed E-state index contributed by atoms with van der Waals surface area (Å²) in [6.45, 7) is 9.58. The lowest BCUT2D eigenvalue weighted by atomic mass is 9.96. The first-order valence-electron chi connectivity index (χ1n) is 6.14. The lowest BCUT2D eigenvalue weighted by molar-refractivity contribution is -0.0728. The number of rotatable bonds is 3. The monoisotopic (exact) mass is 212 g/mol. The van der Waals surface area contributed by atoms with Gasteiger partial charge in [-0.25, -0.2) is 0 Å². The Bertz CT molecular complexity index is 216. The summed E-state index contributed by atoms with van der Waals surface area (Å²) in [5.41, 5.74) is 6.37. The van der Waals surface area contributed by atoms with Gasteiger partial charge in [0.1, 0.15) is 0 Å². The third kappa shape index (κ3) is 2.92. The lowest BCUT2D eigenvalue weighted by Gasteiger charge is -2.39. The van der Waals surface area contributed by atoms with Gasteiger partial charge in [0.15, 0.2) is 0 Å². The van der Waals surface area contributed by atoms with Crippen molar-refractivity contribution in [2.45, 2.75) is 51.4 Å². The highest BCUT2D eigenvalue weighted by Crippen LogP contribution is 2.38. The summed E-state index contributed by atoms with van der Waals surface area (Å²) in [6.07, 6.45) is 3.35. The Morgan fingerprint density at radius 2 is 1.80 bits per heavy atom. The number of hydrogen-bond acceptors (Lipinski definition) is 3. The fourth-order valence-corrected chi connectivity index (χ4v) is 2.77. The largest absolute Gasteiger partial charge is 0.373 e. The molecule has 2 N–H and O–H groups in total. The number of hydrogen-bond donors (Lipinski definition) is 1. The molecule has 1 heterocycles. The molecular formula is C12H24N2O. The maximum absolute atomic E-state index is 6.36. The predicted molar refractivity (Wildman–Crippen MR) is 61.8 cm³/mol. The van der Waals surface area contributed by atoms with Crippen molar-refractivity contribution in [2.75, 3.05) is 19.6 Å². The van der Waals surface area contributed by atoms with E-state index < -0.39 is 0 Å². The van der Waals surface area contributed by atoms with Crippen LogP contribution in [0.15, 0.2) is 0 Å². The molecule has 0 aromatic heterocycles. The number of nitrogens with two attached hydrogens (primary N) is 1. The fourth-order valence-electron chi connectivity index (χ4n) is 2.77. The van der Waals surface area contributed by atoms with Gasteiger partial charge in [-0.2, -0.15) is 0 Å². The molecule has 3 atom stereocenters. The van der Waals surface area contributed by atoms with E-state index >= 15 is 0 Å². The smallest absolute Gasteiger partial charge is 0.0678 e. The van der Waals surface area contributed by atoms with Crippen LogP contribution in [-0.2, 0) is 4.74 Å². The number of morpholine rings is 1. The van der Waals surface area contributed by atoms with Crippen molar-refractivity contribution in [2.24, 2.45) is 11.7 Å². The Balaban J connectivity index is 1.87. The molecule has 1 aliphatic carbocycles. The van der Waals surface area contributed by atoms with E-state index in [0.29, 0.717) is 12.2 Å². The highest BCUT2D eigenvalue weighted by atomic mass is 16.5. The van der Waals surface area contributed by atoms with Gasteiger partial charge in [-0.05, 0) is 39.5 Å². The summed E-state index contributed by atoms with van der Waals surface area (Å²) in [6, 6.07) is 0. The SMILES string of the molecule is C[C@@H]1CN(CC(C)(N)C2CC2)C[C@H](C)O1. The predicted octanol–water partition coefficient (Wildman–Crippen LogP) is 1.22. The molecule has 0 aromatic rings. The van der Waals surface area contributed by atoms with Gasteiger partial charge >= 0.3 is 0 Å². The first-order chi connectivity index (χ1) is 6.97. The molecular weight excluding hydrogens is 188 g/mol. The second kappa shape index (κ2) is 4.04. The second-order valence-electron chi connectivity index (χ2n) is 5.73. The third-order valence-electron chi connectivity index (χ3n) is 3.57. The summed E-state index contributed by atoms with van der Waals surface area (Å²) >= 11 is 0. The Kier molecular flexibility index (Phi) is 3.06. The van der Waals surface area contributed by atoms with Crippen molar-refractivity contribution in [3.05, 3.63) is 0 Å². The fraction of sp³-hybridized carbons (Fsp3) is 1.00. The van der Waals surface area contributed by atoms with E-state index in [-0.39, 0.29) is 5.54 Å². The lowest BCUT2D eigenvalue weighted by Crippen LogP contribution is -2.55. The Labute approximate surface area is 93.0 Å². The molecule has 1 saturated heterocycles. The van der Waals surface area contributed by atoms with Gasteiger partial charge in [0.25, 0.3) is 0 Å². The van der Waals surface area contributed by atoms with E-state index in [4.69, 9.17) is 10.5 Å². The Hall–Kier alpha value is -0.120. The molecule has 1 unspecified atom stereocenters. The molecule has 0 aromatic carbocycles. The van der Waals surface area contributed by atoms with Crippen LogP contribution in [0.1, 0.15) is 33.6 Å². The standard InChI is InChI=1S/C12H24N2O/c1-9-6-14(7-10(2)15-9)8-12(3,13)11-4-5-11/h9-11H,4-8,13H2,1-3H3/t9-,10+,12?. The minimum atomic E-state index is 0.0107. The van der Waals surface area contributed by atoms with Crippen molar-refractivity contribution in [3.63, 3.8) is 0 Å².